The molecule has 0 aliphatic carbocycles. The van der Waals surface area contributed by atoms with E-state index in [2.05, 4.69) is 38.2 Å². The van der Waals surface area contributed by atoms with E-state index in [0.717, 1.165) is 64.2 Å². The van der Waals surface area contributed by atoms with Crippen molar-refractivity contribution in [3.8, 4) is 0 Å². The molecule has 0 aliphatic rings. The van der Waals surface area contributed by atoms with Crippen LogP contribution in [0.15, 0.2) is 24.3 Å². The number of aliphatic hydroxyl groups is 1. The summed E-state index contributed by atoms with van der Waals surface area (Å²) in [6, 6.07) is 0. The van der Waals surface area contributed by atoms with Crippen molar-refractivity contribution in [1.82, 2.24) is 0 Å². The summed E-state index contributed by atoms with van der Waals surface area (Å²) in [4.78, 5) is 37.4. The molecular weight excluding hydrogens is 560 g/mol. The van der Waals surface area contributed by atoms with Gasteiger partial charge in [-0.25, -0.2) is 0 Å². The van der Waals surface area contributed by atoms with Crippen LogP contribution in [0, 0.1) is 5.92 Å². The summed E-state index contributed by atoms with van der Waals surface area (Å²) in [6.45, 7) is 5.91. The normalized spacial score (nSPS) is 13.1. The van der Waals surface area contributed by atoms with Crippen LogP contribution in [0.25, 0.3) is 0 Å². The molecule has 0 saturated heterocycles. The lowest BCUT2D eigenvalue weighted by Crippen LogP contribution is -2.36. The highest BCUT2D eigenvalue weighted by Crippen LogP contribution is 2.16. The first kappa shape index (κ1) is 43.2. The molecule has 0 fully saturated rings. The van der Waals surface area contributed by atoms with Gasteiger partial charge in [-0.1, -0.05) is 141 Å². The van der Waals surface area contributed by atoms with Gasteiger partial charge in [0.1, 0.15) is 11.7 Å². The van der Waals surface area contributed by atoms with Crippen molar-refractivity contribution in [2.45, 2.75) is 207 Å². The maximum absolute atomic E-state index is 12.7. The van der Waals surface area contributed by atoms with E-state index in [0.29, 0.717) is 12.8 Å². The Labute approximate surface area is 278 Å². The van der Waals surface area contributed by atoms with Crippen molar-refractivity contribution < 1.29 is 24.2 Å². The fourth-order valence-electron chi connectivity index (χ4n) is 5.69. The van der Waals surface area contributed by atoms with Crippen LogP contribution in [0.1, 0.15) is 201 Å². The van der Waals surface area contributed by atoms with Gasteiger partial charge in [0.25, 0.3) is 0 Å². The van der Waals surface area contributed by atoms with Gasteiger partial charge in [-0.2, -0.15) is 0 Å². The second-order valence-electron chi connectivity index (χ2n) is 13.1. The predicted molar refractivity (Wildman–Crippen MR) is 190 cm³/mol. The summed E-state index contributed by atoms with van der Waals surface area (Å²) < 4.78 is 4.97. The zero-order chi connectivity index (χ0) is 33.2. The molecule has 0 saturated carbocycles. The van der Waals surface area contributed by atoms with Gasteiger partial charge in [0.15, 0.2) is 0 Å². The first-order valence-corrected chi connectivity index (χ1v) is 19.2. The van der Waals surface area contributed by atoms with Gasteiger partial charge in [0.05, 0.1) is 6.10 Å². The Morgan fingerprint density at radius 1 is 0.511 bits per heavy atom. The summed E-state index contributed by atoms with van der Waals surface area (Å²) >= 11 is 0. The third kappa shape index (κ3) is 29.4. The molecule has 2 unspecified atom stereocenters. The molecule has 262 valence electrons. The lowest BCUT2D eigenvalue weighted by molar-refractivity contribution is -0.166. The van der Waals surface area contributed by atoms with Crippen molar-refractivity contribution in [2.24, 2.45) is 5.92 Å². The molecule has 5 heteroatoms. The second kappa shape index (κ2) is 33.6. The maximum Gasteiger partial charge on any atom is 0.326 e. The Kier molecular flexibility index (Phi) is 32.3. The smallest absolute Gasteiger partial charge is 0.326 e. The van der Waals surface area contributed by atoms with Crippen LogP contribution in [-0.2, 0) is 19.1 Å². The molecule has 0 heterocycles. The van der Waals surface area contributed by atoms with Gasteiger partial charge in [0, 0.05) is 12.8 Å². The van der Waals surface area contributed by atoms with Crippen LogP contribution < -0.4 is 0 Å². The molecule has 0 amide bonds. The fourth-order valence-corrected chi connectivity index (χ4v) is 5.69. The third-order valence-electron chi connectivity index (χ3n) is 8.63. The summed E-state index contributed by atoms with van der Waals surface area (Å²) in [6.07, 6.45) is 39.0. The van der Waals surface area contributed by atoms with Crippen LogP contribution in [0.2, 0.25) is 0 Å². The lowest BCUT2D eigenvalue weighted by atomic mass is 9.94. The minimum absolute atomic E-state index is 0.166. The maximum atomic E-state index is 12.7. The monoisotopic (exact) mass is 633 g/mol. The fraction of sp³-hybridized carbons (Fsp3) is 0.825. The van der Waals surface area contributed by atoms with Crippen LogP contribution >= 0.6 is 0 Å². The molecule has 0 bridgehead atoms. The number of ether oxygens (including phenoxy) is 1. The van der Waals surface area contributed by atoms with E-state index in [1.54, 1.807) is 0 Å². The van der Waals surface area contributed by atoms with Crippen LogP contribution in [0.5, 0.6) is 0 Å². The van der Waals surface area contributed by atoms with Crippen molar-refractivity contribution in [1.29, 1.82) is 0 Å². The number of carbonyl (C=O) groups excluding carboxylic acids is 3. The predicted octanol–water partition coefficient (Wildman–Crippen LogP) is 11.7. The van der Waals surface area contributed by atoms with E-state index >= 15 is 0 Å². The first-order chi connectivity index (χ1) is 21.9. The highest BCUT2D eigenvalue weighted by molar-refractivity contribution is 6.02. The van der Waals surface area contributed by atoms with Crippen molar-refractivity contribution in [2.75, 3.05) is 0 Å². The Balaban J connectivity index is 3.86. The molecular formula is C40H72O5. The van der Waals surface area contributed by atoms with Gasteiger partial charge in [-0.05, 0) is 71.1 Å². The highest BCUT2D eigenvalue weighted by atomic mass is 16.6. The number of aliphatic hydroxyl groups excluding tert-OH is 1. The van der Waals surface area contributed by atoms with Gasteiger partial charge in [0.2, 0.25) is 0 Å². The topological polar surface area (TPSA) is 80.7 Å². The molecule has 0 radical (unpaired) electrons. The molecule has 1 N–H and O–H groups in total. The summed E-state index contributed by atoms with van der Waals surface area (Å²) in [5.41, 5.74) is 0. The van der Waals surface area contributed by atoms with E-state index in [9.17, 15) is 19.5 Å². The Bertz CT molecular complexity index is 754. The molecule has 0 spiro atoms. The molecule has 0 rings (SSSR count). The van der Waals surface area contributed by atoms with Crippen molar-refractivity contribution in [3.05, 3.63) is 24.3 Å². The van der Waals surface area contributed by atoms with E-state index < -0.39 is 24.0 Å². The summed E-state index contributed by atoms with van der Waals surface area (Å²) in [7, 11) is 0. The van der Waals surface area contributed by atoms with Gasteiger partial charge < -0.3 is 9.84 Å². The van der Waals surface area contributed by atoms with Crippen LogP contribution in [0.4, 0.5) is 0 Å². The second-order valence-corrected chi connectivity index (χ2v) is 13.1. The minimum atomic E-state index is -1.28. The number of unbranched alkanes of at least 4 members (excludes halogenated alkanes) is 22. The number of allylic oxidation sites excluding steroid dienone is 4. The van der Waals surface area contributed by atoms with Gasteiger partial charge in [-0.3, -0.25) is 14.4 Å². The molecule has 2 atom stereocenters. The summed E-state index contributed by atoms with van der Waals surface area (Å²) in [5.74, 6) is -3.11. The molecule has 0 aromatic heterocycles. The number of ketones is 1. The van der Waals surface area contributed by atoms with Gasteiger partial charge >= 0.3 is 11.9 Å². The Hall–Kier alpha value is -1.75. The largest absolute Gasteiger partial charge is 0.393 e. The zero-order valence-corrected chi connectivity index (χ0v) is 29.8. The van der Waals surface area contributed by atoms with E-state index in [1.807, 2.05) is 0 Å². The number of carbonyl (C=O) groups is 3. The average molecular weight is 633 g/mol. The number of hydrogen-bond donors (Lipinski definition) is 1. The average Bonchev–Trinajstić information content (AvgIpc) is 3.00. The van der Waals surface area contributed by atoms with E-state index in [4.69, 9.17) is 4.74 Å². The molecule has 0 aliphatic heterocycles. The molecule has 0 aromatic rings. The first-order valence-electron chi connectivity index (χ1n) is 19.2. The van der Waals surface area contributed by atoms with Crippen molar-refractivity contribution in [3.63, 3.8) is 0 Å². The molecule has 0 aromatic carbocycles. The standard InChI is InChI=1S/C40H72O5/c1-4-6-8-10-12-14-16-18-20-22-24-26-28-30-32-34-37(42)39(36(3)41)40(44)45-38(43)35-33-31-29-27-25-23-21-19-17-15-13-11-9-7-5-2/h18-21,36,39,41H,4-17,22-35H2,1-3H3/b20-18-,21-19-. The summed E-state index contributed by atoms with van der Waals surface area (Å²) in [5, 5.41) is 10.1. The number of Topliss-reactive ketones (excluding diaryl/α,β-unsaturated/α-hetero) is 1. The quantitative estimate of drug-likeness (QED) is 0.0337. The van der Waals surface area contributed by atoms with Crippen LogP contribution in [0.3, 0.4) is 0 Å². The minimum Gasteiger partial charge on any atom is -0.393 e. The Morgan fingerprint density at radius 2 is 0.844 bits per heavy atom. The number of hydrogen-bond acceptors (Lipinski definition) is 5. The highest BCUT2D eigenvalue weighted by Gasteiger charge is 2.33. The third-order valence-corrected chi connectivity index (χ3v) is 8.63. The van der Waals surface area contributed by atoms with E-state index in [-0.39, 0.29) is 18.6 Å². The Morgan fingerprint density at radius 3 is 1.22 bits per heavy atom. The van der Waals surface area contributed by atoms with Crippen LogP contribution in [-0.4, -0.2) is 28.9 Å². The van der Waals surface area contributed by atoms with Gasteiger partial charge in [-0.15, -0.1) is 0 Å². The molecule has 45 heavy (non-hydrogen) atoms. The lowest BCUT2D eigenvalue weighted by Gasteiger charge is -2.16. The number of esters is 2. The SMILES string of the molecule is CCCCCCCC/C=C\CCCCCCCC(=O)OC(=O)C(C(=O)CCCCCCC/C=C\CCCCCCCC)C(C)O. The van der Waals surface area contributed by atoms with E-state index in [1.165, 1.54) is 96.8 Å². The zero-order valence-electron chi connectivity index (χ0n) is 29.8. The molecule has 5 nitrogen and oxygen atoms in total. The van der Waals surface area contributed by atoms with Crippen molar-refractivity contribution >= 4 is 17.7 Å². The number of rotatable bonds is 33.